The van der Waals surface area contributed by atoms with Crippen molar-refractivity contribution in [3.8, 4) is 0 Å². The fourth-order valence-corrected chi connectivity index (χ4v) is 2.93. The Hall–Kier alpha value is -2.03. The molecule has 2 aromatic rings. The minimum atomic E-state index is 0. The van der Waals surface area contributed by atoms with Crippen molar-refractivity contribution in [2.75, 3.05) is 18.4 Å². The number of benzene rings is 1. The molecule has 28 heavy (non-hydrogen) atoms. The van der Waals surface area contributed by atoms with Crippen molar-refractivity contribution in [2.24, 2.45) is 10.9 Å². The number of guanidine groups is 1. The van der Waals surface area contributed by atoms with Gasteiger partial charge >= 0.3 is 0 Å². The lowest BCUT2D eigenvalue weighted by molar-refractivity contribution is -0.122. The van der Waals surface area contributed by atoms with Crippen molar-refractivity contribution in [1.29, 1.82) is 0 Å². The number of rotatable bonds is 8. The first-order valence-corrected chi connectivity index (χ1v) is 9.69. The second-order valence-electron chi connectivity index (χ2n) is 6.77. The summed E-state index contributed by atoms with van der Waals surface area (Å²) in [6.07, 6.45) is 5.66. The average molecular weight is 496 g/mol. The van der Waals surface area contributed by atoms with E-state index in [1.807, 2.05) is 43.3 Å². The van der Waals surface area contributed by atoms with Crippen LogP contribution in [-0.4, -0.2) is 25.0 Å². The molecule has 0 unspecified atom stereocenters. The van der Waals surface area contributed by atoms with Crippen LogP contribution in [0, 0.1) is 5.92 Å². The number of amides is 1. The number of aliphatic imine (C=N–C) groups is 1. The second-order valence-corrected chi connectivity index (χ2v) is 6.77. The minimum absolute atomic E-state index is 0. The summed E-state index contributed by atoms with van der Waals surface area (Å²) in [5, 5.41) is 9.58. The number of hydrogen-bond donors (Lipinski definition) is 3. The largest absolute Gasteiger partial charge is 0.469 e. The Morgan fingerprint density at radius 3 is 2.75 bits per heavy atom. The third-order valence-corrected chi connectivity index (χ3v) is 4.68. The van der Waals surface area contributed by atoms with Crippen molar-refractivity contribution >= 4 is 41.5 Å². The molecule has 1 heterocycles. The molecule has 1 amide bonds. The van der Waals surface area contributed by atoms with Gasteiger partial charge in [-0.25, -0.2) is 4.99 Å². The maximum absolute atomic E-state index is 12.1. The summed E-state index contributed by atoms with van der Waals surface area (Å²) in [4.78, 5) is 16.7. The predicted molar refractivity (Wildman–Crippen MR) is 123 cm³/mol. The van der Waals surface area contributed by atoms with Gasteiger partial charge in [0.25, 0.3) is 0 Å². The molecule has 1 fully saturated rings. The van der Waals surface area contributed by atoms with Gasteiger partial charge in [-0.2, -0.15) is 0 Å². The lowest BCUT2D eigenvalue weighted by Crippen LogP contribution is -2.38. The molecule has 0 saturated heterocycles. The molecule has 0 atom stereocenters. The molecule has 3 rings (SSSR count). The van der Waals surface area contributed by atoms with Gasteiger partial charge < -0.3 is 20.4 Å². The summed E-state index contributed by atoms with van der Waals surface area (Å²) < 4.78 is 5.34. The number of nitrogens with one attached hydrogen (secondary N) is 3. The number of nitrogens with zero attached hydrogens (tertiary/aromatic N) is 1. The quantitative estimate of drug-likeness (QED) is 0.294. The van der Waals surface area contributed by atoms with Crippen LogP contribution in [0.1, 0.15) is 37.5 Å². The molecule has 1 aliphatic rings. The van der Waals surface area contributed by atoms with E-state index in [1.165, 1.54) is 0 Å². The number of anilines is 1. The highest BCUT2D eigenvalue weighted by atomic mass is 127. The highest BCUT2D eigenvalue weighted by Crippen LogP contribution is 2.27. The van der Waals surface area contributed by atoms with Gasteiger partial charge in [0.1, 0.15) is 5.76 Å². The molecular formula is C21H29IN4O2. The Bertz CT molecular complexity index is 758. The molecule has 6 nitrogen and oxygen atoms in total. The van der Waals surface area contributed by atoms with Crippen molar-refractivity contribution in [3.63, 3.8) is 0 Å². The van der Waals surface area contributed by atoms with Crippen LogP contribution in [0.4, 0.5) is 5.69 Å². The summed E-state index contributed by atoms with van der Waals surface area (Å²) in [6, 6.07) is 11.8. The number of furan rings is 1. The number of halogens is 1. The van der Waals surface area contributed by atoms with Crippen LogP contribution in [0.15, 0.2) is 52.1 Å². The molecule has 1 aromatic carbocycles. The summed E-state index contributed by atoms with van der Waals surface area (Å²) >= 11 is 0. The van der Waals surface area contributed by atoms with Crippen LogP contribution in [0.2, 0.25) is 0 Å². The van der Waals surface area contributed by atoms with Crippen molar-refractivity contribution < 1.29 is 9.21 Å². The van der Waals surface area contributed by atoms with Gasteiger partial charge in [0.15, 0.2) is 5.96 Å². The van der Waals surface area contributed by atoms with Gasteiger partial charge in [-0.05, 0) is 49.6 Å². The van der Waals surface area contributed by atoms with Crippen LogP contribution >= 0.6 is 24.0 Å². The second kappa shape index (κ2) is 11.7. The van der Waals surface area contributed by atoms with E-state index < -0.39 is 0 Å². The Balaban J connectivity index is 0.00000280. The van der Waals surface area contributed by atoms with Gasteiger partial charge in [-0.3, -0.25) is 4.79 Å². The van der Waals surface area contributed by atoms with E-state index in [0.29, 0.717) is 6.54 Å². The maximum Gasteiger partial charge on any atom is 0.227 e. The van der Waals surface area contributed by atoms with E-state index in [0.717, 1.165) is 61.7 Å². The molecule has 0 radical (unpaired) electrons. The SMILES string of the molecule is CCNC(=NCc1cccc(NC(=O)C2CCC2)c1)NCCc1ccco1.I. The van der Waals surface area contributed by atoms with E-state index in [9.17, 15) is 4.79 Å². The molecule has 7 heteroatoms. The van der Waals surface area contributed by atoms with Crippen LogP contribution in [0.25, 0.3) is 0 Å². The Morgan fingerprint density at radius 2 is 2.07 bits per heavy atom. The first-order chi connectivity index (χ1) is 13.2. The first-order valence-electron chi connectivity index (χ1n) is 9.69. The lowest BCUT2D eigenvalue weighted by atomic mass is 9.85. The fourth-order valence-electron chi connectivity index (χ4n) is 2.93. The summed E-state index contributed by atoms with van der Waals surface area (Å²) in [5.74, 6) is 2.04. The van der Waals surface area contributed by atoms with Crippen molar-refractivity contribution in [3.05, 3.63) is 54.0 Å². The third kappa shape index (κ3) is 6.85. The molecule has 0 spiro atoms. The fraction of sp³-hybridized carbons (Fsp3) is 0.429. The van der Waals surface area contributed by atoms with E-state index in [2.05, 4.69) is 20.9 Å². The van der Waals surface area contributed by atoms with Crippen LogP contribution in [-0.2, 0) is 17.8 Å². The zero-order valence-electron chi connectivity index (χ0n) is 16.2. The molecule has 1 saturated carbocycles. The van der Waals surface area contributed by atoms with Gasteiger partial charge in [0, 0.05) is 31.1 Å². The van der Waals surface area contributed by atoms with Crippen molar-refractivity contribution in [2.45, 2.75) is 39.2 Å². The summed E-state index contributed by atoms with van der Waals surface area (Å²) in [7, 11) is 0. The molecular weight excluding hydrogens is 467 g/mol. The monoisotopic (exact) mass is 496 g/mol. The van der Waals surface area contributed by atoms with Gasteiger partial charge in [-0.1, -0.05) is 18.6 Å². The maximum atomic E-state index is 12.1. The number of hydrogen-bond acceptors (Lipinski definition) is 3. The molecule has 1 aromatic heterocycles. The predicted octanol–water partition coefficient (Wildman–Crippen LogP) is 3.93. The molecule has 1 aliphatic carbocycles. The van der Waals surface area contributed by atoms with Crippen LogP contribution in [0.3, 0.4) is 0 Å². The zero-order chi connectivity index (χ0) is 18.9. The smallest absolute Gasteiger partial charge is 0.227 e. The summed E-state index contributed by atoms with van der Waals surface area (Å²) in [5.41, 5.74) is 1.90. The number of carbonyl (C=O) groups excluding carboxylic acids is 1. The van der Waals surface area contributed by atoms with E-state index in [-0.39, 0.29) is 35.8 Å². The van der Waals surface area contributed by atoms with Gasteiger partial charge in [-0.15, -0.1) is 24.0 Å². The zero-order valence-corrected chi connectivity index (χ0v) is 18.6. The molecule has 3 N–H and O–H groups in total. The van der Waals surface area contributed by atoms with Crippen LogP contribution in [0.5, 0.6) is 0 Å². The van der Waals surface area contributed by atoms with E-state index in [4.69, 9.17) is 4.42 Å². The highest BCUT2D eigenvalue weighted by molar-refractivity contribution is 14.0. The normalized spacial score (nSPS) is 14.0. The third-order valence-electron chi connectivity index (χ3n) is 4.68. The molecule has 152 valence electrons. The van der Waals surface area contributed by atoms with Crippen LogP contribution < -0.4 is 16.0 Å². The minimum Gasteiger partial charge on any atom is -0.469 e. The molecule has 0 bridgehead atoms. The topological polar surface area (TPSA) is 78.7 Å². The summed E-state index contributed by atoms with van der Waals surface area (Å²) in [6.45, 7) is 4.13. The Labute approximate surface area is 183 Å². The lowest BCUT2D eigenvalue weighted by Gasteiger charge is -2.24. The Kier molecular flexibility index (Phi) is 9.33. The van der Waals surface area contributed by atoms with Crippen molar-refractivity contribution in [1.82, 2.24) is 10.6 Å². The molecule has 0 aliphatic heterocycles. The van der Waals surface area contributed by atoms with E-state index >= 15 is 0 Å². The average Bonchev–Trinajstić information content (AvgIpc) is 3.12. The number of carbonyl (C=O) groups is 1. The van der Waals surface area contributed by atoms with Gasteiger partial charge in [0.05, 0.1) is 12.8 Å². The van der Waals surface area contributed by atoms with Gasteiger partial charge in [0.2, 0.25) is 5.91 Å². The first kappa shape index (κ1) is 22.3. The standard InChI is InChI=1S/C21H28N4O2.HI/c1-2-22-21(23-12-11-19-10-5-13-27-19)24-15-16-6-3-9-18(14-16)25-20(26)17-7-4-8-17;/h3,5-6,9-10,13-14,17H,2,4,7-8,11-12,15H2,1H3,(H,25,26)(H2,22,23,24);1H. The Morgan fingerprint density at radius 1 is 1.21 bits per heavy atom. The highest BCUT2D eigenvalue weighted by Gasteiger charge is 2.25. The van der Waals surface area contributed by atoms with E-state index in [1.54, 1.807) is 6.26 Å².